The number of carbonyl (C=O) groups is 1. The Morgan fingerprint density at radius 3 is 2.14 bits per heavy atom. The number of hydrogen-bond donors (Lipinski definition) is 2. The number of nitrogens with two attached hydrogens (primary N) is 1. The SMILES string of the molecule is NCCOCCOCCNC(=O)OC1CCCCCCCC1. The summed E-state index contributed by atoms with van der Waals surface area (Å²) in [5.74, 6) is 0. The topological polar surface area (TPSA) is 82.8 Å². The molecule has 0 atom stereocenters. The molecule has 130 valence electrons. The summed E-state index contributed by atoms with van der Waals surface area (Å²) >= 11 is 0. The van der Waals surface area contributed by atoms with Gasteiger partial charge in [0.2, 0.25) is 0 Å². The van der Waals surface area contributed by atoms with Crippen LogP contribution in [0.3, 0.4) is 0 Å². The van der Waals surface area contributed by atoms with Crippen LogP contribution in [0.1, 0.15) is 51.4 Å². The standard InChI is InChI=1S/C16H32N2O4/c17-9-11-20-13-14-21-12-10-18-16(19)22-15-7-5-3-1-2-4-6-8-15/h15H,1-14,17H2,(H,18,19). The minimum Gasteiger partial charge on any atom is -0.446 e. The van der Waals surface area contributed by atoms with Gasteiger partial charge >= 0.3 is 6.09 Å². The van der Waals surface area contributed by atoms with Gasteiger partial charge in [0.15, 0.2) is 0 Å². The predicted octanol–water partition coefficient (Wildman–Crippen LogP) is 2.21. The molecule has 0 aromatic rings. The van der Waals surface area contributed by atoms with E-state index >= 15 is 0 Å². The van der Waals surface area contributed by atoms with Gasteiger partial charge < -0.3 is 25.3 Å². The lowest BCUT2D eigenvalue weighted by atomic mass is 10.1. The molecular weight excluding hydrogens is 284 g/mol. The van der Waals surface area contributed by atoms with Crippen molar-refractivity contribution in [2.24, 2.45) is 5.73 Å². The van der Waals surface area contributed by atoms with Crippen LogP contribution in [0.25, 0.3) is 0 Å². The Morgan fingerprint density at radius 2 is 1.50 bits per heavy atom. The first-order valence-electron chi connectivity index (χ1n) is 8.63. The average molecular weight is 316 g/mol. The van der Waals surface area contributed by atoms with E-state index in [1.165, 1.54) is 25.7 Å². The Morgan fingerprint density at radius 1 is 0.909 bits per heavy atom. The van der Waals surface area contributed by atoms with E-state index in [1.807, 2.05) is 0 Å². The number of ether oxygens (including phenoxy) is 3. The summed E-state index contributed by atoms with van der Waals surface area (Å²) in [6.07, 6.45) is 9.16. The summed E-state index contributed by atoms with van der Waals surface area (Å²) in [7, 11) is 0. The van der Waals surface area contributed by atoms with Crippen molar-refractivity contribution in [3.63, 3.8) is 0 Å². The Kier molecular flexibility index (Phi) is 12.0. The smallest absolute Gasteiger partial charge is 0.407 e. The number of alkyl carbamates (subject to hydrolysis) is 1. The van der Waals surface area contributed by atoms with Gasteiger partial charge in [0, 0.05) is 13.1 Å². The number of amides is 1. The second kappa shape index (κ2) is 13.8. The highest BCUT2D eigenvalue weighted by atomic mass is 16.6. The number of carbonyl (C=O) groups excluding carboxylic acids is 1. The second-order valence-electron chi connectivity index (χ2n) is 5.67. The molecule has 0 heterocycles. The number of rotatable bonds is 9. The molecule has 1 fully saturated rings. The van der Waals surface area contributed by atoms with Crippen LogP contribution in [0.2, 0.25) is 0 Å². The van der Waals surface area contributed by atoms with E-state index in [9.17, 15) is 4.79 Å². The van der Waals surface area contributed by atoms with Crippen LogP contribution in [0.15, 0.2) is 0 Å². The van der Waals surface area contributed by atoms with Crippen LogP contribution in [0.5, 0.6) is 0 Å². The molecule has 6 nitrogen and oxygen atoms in total. The fraction of sp³-hybridized carbons (Fsp3) is 0.938. The maximum atomic E-state index is 11.7. The lowest BCUT2D eigenvalue weighted by Crippen LogP contribution is -2.31. The molecule has 1 amide bonds. The largest absolute Gasteiger partial charge is 0.446 e. The first-order chi connectivity index (χ1) is 10.8. The molecule has 0 aromatic heterocycles. The van der Waals surface area contributed by atoms with E-state index in [-0.39, 0.29) is 12.2 Å². The highest BCUT2D eigenvalue weighted by Crippen LogP contribution is 2.19. The summed E-state index contributed by atoms with van der Waals surface area (Å²) in [4.78, 5) is 11.7. The molecule has 0 aliphatic heterocycles. The Bertz CT molecular complexity index is 267. The summed E-state index contributed by atoms with van der Waals surface area (Å²) in [6.45, 7) is 3.04. The maximum absolute atomic E-state index is 11.7. The minimum atomic E-state index is -0.327. The van der Waals surface area contributed by atoms with E-state index in [2.05, 4.69) is 5.32 Å². The van der Waals surface area contributed by atoms with E-state index in [4.69, 9.17) is 19.9 Å². The average Bonchev–Trinajstić information content (AvgIpc) is 2.64. The van der Waals surface area contributed by atoms with Crippen molar-refractivity contribution < 1.29 is 19.0 Å². The van der Waals surface area contributed by atoms with Crippen molar-refractivity contribution >= 4 is 6.09 Å². The van der Waals surface area contributed by atoms with Gasteiger partial charge in [-0.3, -0.25) is 0 Å². The summed E-state index contributed by atoms with van der Waals surface area (Å²) in [6, 6.07) is 0. The summed E-state index contributed by atoms with van der Waals surface area (Å²) in [5, 5.41) is 2.74. The van der Waals surface area contributed by atoms with Crippen LogP contribution < -0.4 is 11.1 Å². The van der Waals surface area contributed by atoms with Crippen LogP contribution >= 0.6 is 0 Å². The second-order valence-corrected chi connectivity index (χ2v) is 5.67. The molecule has 0 radical (unpaired) electrons. The molecule has 0 spiro atoms. The Hall–Kier alpha value is -0.850. The minimum absolute atomic E-state index is 0.0729. The number of nitrogens with one attached hydrogen (secondary N) is 1. The molecule has 0 saturated heterocycles. The van der Waals surface area contributed by atoms with Gasteiger partial charge in [-0.25, -0.2) is 4.79 Å². The van der Waals surface area contributed by atoms with Gasteiger partial charge in [0.25, 0.3) is 0 Å². The molecule has 6 heteroatoms. The van der Waals surface area contributed by atoms with Crippen LogP contribution in [0.4, 0.5) is 4.79 Å². The Labute approximate surface area is 134 Å². The van der Waals surface area contributed by atoms with Gasteiger partial charge in [-0.15, -0.1) is 0 Å². The highest BCUT2D eigenvalue weighted by Gasteiger charge is 2.14. The molecular formula is C16H32N2O4. The van der Waals surface area contributed by atoms with Gasteiger partial charge in [-0.05, 0) is 25.7 Å². The van der Waals surface area contributed by atoms with Gasteiger partial charge in [0.1, 0.15) is 6.10 Å². The van der Waals surface area contributed by atoms with Crippen LogP contribution in [-0.4, -0.2) is 51.7 Å². The molecule has 22 heavy (non-hydrogen) atoms. The lowest BCUT2D eigenvalue weighted by Gasteiger charge is -2.17. The van der Waals surface area contributed by atoms with Crippen molar-refractivity contribution in [3.05, 3.63) is 0 Å². The fourth-order valence-electron chi connectivity index (χ4n) is 2.54. The van der Waals surface area contributed by atoms with Crippen molar-refractivity contribution in [1.82, 2.24) is 5.32 Å². The third-order valence-electron chi connectivity index (χ3n) is 3.73. The molecule has 0 aromatic carbocycles. The van der Waals surface area contributed by atoms with E-state index in [0.29, 0.717) is 39.5 Å². The molecule has 0 unspecified atom stereocenters. The maximum Gasteiger partial charge on any atom is 0.407 e. The summed E-state index contributed by atoms with van der Waals surface area (Å²) in [5.41, 5.74) is 5.30. The van der Waals surface area contributed by atoms with Crippen molar-refractivity contribution in [2.45, 2.75) is 57.5 Å². The lowest BCUT2D eigenvalue weighted by molar-refractivity contribution is 0.0490. The van der Waals surface area contributed by atoms with Gasteiger partial charge in [-0.2, -0.15) is 0 Å². The predicted molar refractivity (Wildman–Crippen MR) is 85.9 cm³/mol. The number of hydrogen-bond acceptors (Lipinski definition) is 5. The third-order valence-corrected chi connectivity index (χ3v) is 3.73. The molecule has 3 N–H and O–H groups in total. The molecule has 1 aliphatic carbocycles. The quantitative estimate of drug-likeness (QED) is 0.637. The Balaban J connectivity index is 1.99. The van der Waals surface area contributed by atoms with Crippen molar-refractivity contribution in [1.29, 1.82) is 0 Å². The van der Waals surface area contributed by atoms with Gasteiger partial charge in [-0.1, -0.05) is 25.7 Å². The van der Waals surface area contributed by atoms with Crippen molar-refractivity contribution in [2.75, 3.05) is 39.5 Å². The normalized spacial score (nSPS) is 17.3. The fourth-order valence-corrected chi connectivity index (χ4v) is 2.54. The van der Waals surface area contributed by atoms with Gasteiger partial charge in [0.05, 0.1) is 26.4 Å². The van der Waals surface area contributed by atoms with E-state index < -0.39 is 0 Å². The monoisotopic (exact) mass is 316 g/mol. The highest BCUT2D eigenvalue weighted by molar-refractivity contribution is 5.67. The van der Waals surface area contributed by atoms with E-state index in [1.54, 1.807) is 0 Å². The van der Waals surface area contributed by atoms with Crippen LogP contribution in [0, 0.1) is 0 Å². The summed E-state index contributed by atoms with van der Waals surface area (Å²) < 4.78 is 16.0. The molecule has 0 bridgehead atoms. The molecule has 1 aliphatic rings. The van der Waals surface area contributed by atoms with E-state index in [0.717, 1.165) is 25.7 Å². The van der Waals surface area contributed by atoms with Crippen LogP contribution in [-0.2, 0) is 14.2 Å². The molecule has 1 saturated carbocycles. The first-order valence-corrected chi connectivity index (χ1v) is 8.63. The van der Waals surface area contributed by atoms with Crippen molar-refractivity contribution in [3.8, 4) is 0 Å². The molecule has 1 rings (SSSR count). The zero-order valence-electron chi connectivity index (χ0n) is 13.7. The zero-order valence-corrected chi connectivity index (χ0v) is 13.7. The zero-order chi connectivity index (χ0) is 15.9. The third kappa shape index (κ3) is 10.8. The first kappa shape index (κ1) is 19.2.